The Morgan fingerprint density at radius 1 is 1.13 bits per heavy atom. The van der Waals surface area contributed by atoms with E-state index < -0.39 is 12.0 Å². The SMILES string of the molecule is CC(C)n1nc(N2CCCCC2CNc2ccc3nnc(C(F)(F)F)n3n2)ccc1=O. The van der Waals surface area contributed by atoms with E-state index >= 15 is 0 Å². The third kappa shape index (κ3) is 4.32. The van der Waals surface area contributed by atoms with Gasteiger partial charge in [-0.05, 0) is 51.3 Å². The molecular weight excluding hydrogens is 413 g/mol. The Morgan fingerprint density at radius 3 is 2.68 bits per heavy atom. The summed E-state index contributed by atoms with van der Waals surface area (Å²) in [4.78, 5) is 14.2. The lowest BCUT2D eigenvalue weighted by molar-refractivity contribution is -0.146. The normalized spacial score (nSPS) is 17.5. The molecule has 1 saturated heterocycles. The van der Waals surface area contributed by atoms with Crippen molar-refractivity contribution >= 4 is 17.3 Å². The van der Waals surface area contributed by atoms with Crippen LogP contribution in [0.1, 0.15) is 45.0 Å². The molecule has 166 valence electrons. The monoisotopic (exact) mass is 436 g/mol. The largest absolute Gasteiger partial charge is 0.453 e. The van der Waals surface area contributed by atoms with Crippen molar-refractivity contribution in [2.24, 2.45) is 0 Å². The highest BCUT2D eigenvalue weighted by Gasteiger charge is 2.37. The third-order valence-electron chi connectivity index (χ3n) is 5.26. The van der Waals surface area contributed by atoms with Gasteiger partial charge < -0.3 is 10.2 Å². The molecule has 0 aliphatic carbocycles. The summed E-state index contributed by atoms with van der Waals surface area (Å²) in [6.45, 7) is 5.04. The molecule has 0 saturated carbocycles. The molecule has 1 aliphatic rings. The van der Waals surface area contributed by atoms with E-state index in [2.05, 4.69) is 30.6 Å². The number of halogens is 3. The van der Waals surface area contributed by atoms with Crippen molar-refractivity contribution in [2.45, 2.75) is 51.4 Å². The first-order valence-corrected chi connectivity index (χ1v) is 10.1. The van der Waals surface area contributed by atoms with E-state index in [1.54, 1.807) is 12.1 Å². The molecule has 1 aliphatic heterocycles. The Kier molecular flexibility index (Phi) is 5.54. The van der Waals surface area contributed by atoms with Crippen LogP contribution in [0.15, 0.2) is 29.1 Å². The zero-order valence-corrected chi connectivity index (χ0v) is 17.2. The highest BCUT2D eigenvalue weighted by molar-refractivity contribution is 5.45. The quantitative estimate of drug-likeness (QED) is 0.657. The molecule has 0 aromatic carbocycles. The van der Waals surface area contributed by atoms with E-state index in [0.717, 1.165) is 25.8 Å². The summed E-state index contributed by atoms with van der Waals surface area (Å²) in [6, 6.07) is 6.25. The Morgan fingerprint density at radius 2 is 1.94 bits per heavy atom. The molecule has 1 atom stereocenters. The minimum atomic E-state index is -4.64. The van der Waals surface area contributed by atoms with Gasteiger partial charge in [0.2, 0.25) is 0 Å². The molecule has 31 heavy (non-hydrogen) atoms. The summed E-state index contributed by atoms with van der Waals surface area (Å²) in [5, 5.41) is 18.4. The second kappa shape index (κ2) is 8.16. The van der Waals surface area contributed by atoms with Crippen LogP contribution in [0.25, 0.3) is 5.65 Å². The fourth-order valence-electron chi connectivity index (χ4n) is 3.74. The lowest BCUT2D eigenvalue weighted by Crippen LogP contribution is -2.45. The van der Waals surface area contributed by atoms with Crippen molar-refractivity contribution < 1.29 is 13.2 Å². The Balaban J connectivity index is 1.54. The molecule has 3 aromatic rings. The standard InChI is InChI=1S/C19H23F3N8O/c1-12(2)29-17(31)9-8-16(27-29)28-10-4-3-5-13(28)11-23-14-6-7-15-24-25-18(19(20,21)22)30(15)26-14/h6-9,12-13H,3-5,10-11H2,1-2H3,(H,23,26). The summed E-state index contributed by atoms with van der Waals surface area (Å²) in [5.74, 6) is -0.157. The zero-order chi connectivity index (χ0) is 22.2. The van der Waals surface area contributed by atoms with E-state index in [0.29, 0.717) is 22.7 Å². The summed E-state index contributed by atoms with van der Waals surface area (Å²) >= 11 is 0. The number of piperidine rings is 1. The maximum atomic E-state index is 13.1. The number of anilines is 2. The maximum Gasteiger partial charge on any atom is 0.453 e. The number of rotatable bonds is 5. The summed E-state index contributed by atoms with van der Waals surface area (Å²) < 4.78 is 41.4. The first-order chi connectivity index (χ1) is 14.7. The highest BCUT2D eigenvalue weighted by Crippen LogP contribution is 2.28. The van der Waals surface area contributed by atoms with Crippen LogP contribution in [0.5, 0.6) is 0 Å². The van der Waals surface area contributed by atoms with Crippen molar-refractivity contribution in [3.05, 3.63) is 40.4 Å². The molecule has 9 nitrogen and oxygen atoms in total. The molecule has 0 bridgehead atoms. The van der Waals surface area contributed by atoms with E-state index in [9.17, 15) is 18.0 Å². The van der Waals surface area contributed by atoms with Crippen molar-refractivity contribution in [3.63, 3.8) is 0 Å². The van der Waals surface area contributed by atoms with Gasteiger partial charge in [0, 0.05) is 25.2 Å². The van der Waals surface area contributed by atoms with Crippen LogP contribution < -0.4 is 15.8 Å². The molecular formula is C19H23F3N8O. The van der Waals surface area contributed by atoms with E-state index in [1.807, 2.05) is 13.8 Å². The minimum Gasteiger partial charge on any atom is -0.367 e. The van der Waals surface area contributed by atoms with Gasteiger partial charge in [0.15, 0.2) is 5.65 Å². The predicted molar refractivity (Wildman–Crippen MR) is 108 cm³/mol. The van der Waals surface area contributed by atoms with Crippen molar-refractivity contribution in [1.82, 2.24) is 29.6 Å². The smallest absolute Gasteiger partial charge is 0.367 e. The Bertz CT molecular complexity index is 1120. The number of hydrogen-bond acceptors (Lipinski definition) is 7. The van der Waals surface area contributed by atoms with Gasteiger partial charge in [-0.25, -0.2) is 4.68 Å². The molecule has 1 unspecified atom stereocenters. The molecule has 0 spiro atoms. The average Bonchev–Trinajstić information content (AvgIpc) is 3.16. The number of aromatic nitrogens is 6. The van der Waals surface area contributed by atoms with E-state index in [-0.39, 0.29) is 23.3 Å². The zero-order valence-electron chi connectivity index (χ0n) is 17.2. The molecule has 1 N–H and O–H groups in total. The maximum absolute atomic E-state index is 13.1. The summed E-state index contributed by atoms with van der Waals surface area (Å²) in [5.41, 5.74) is -0.130. The van der Waals surface area contributed by atoms with Gasteiger partial charge in [0.05, 0.1) is 6.04 Å². The second-order valence-corrected chi connectivity index (χ2v) is 7.80. The van der Waals surface area contributed by atoms with Crippen LogP contribution >= 0.6 is 0 Å². The van der Waals surface area contributed by atoms with Gasteiger partial charge in [-0.2, -0.15) is 22.8 Å². The molecule has 3 aromatic heterocycles. The second-order valence-electron chi connectivity index (χ2n) is 7.80. The molecule has 1 fully saturated rings. The fourth-order valence-corrected chi connectivity index (χ4v) is 3.74. The molecule has 0 amide bonds. The number of fused-ring (bicyclic) bond motifs is 1. The van der Waals surface area contributed by atoms with Crippen molar-refractivity contribution in [1.29, 1.82) is 0 Å². The van der Waals surface area contributed by atoms with Crippen LogP contribution in [-0.4, -0.2) is 48.7 Å². The van der Waals surface area contributed by atoms with E-state index in [4.69, 9.17) is 0 Å². The Labute approximate surface area is 175 Å². The summed E-state index contributed by atoms with van der Waals surface area (Å²) in [6.07, 6.45) is -1.73. The number of nitrogens with zero attached hydrogens (tertiary/aromatic N) is 7. The Hall–Kier alpha value is -3.18. The van der Waals surface area contributed by atoms with Crippen LogP contribution in [0.2, 0.25) is 0 Å². The van der Waals surface area contributed by atoms with Gasteiger partial charge in [-0.3, -0.25) is 4.79 Å². The minimum absolute atomic E-state index is 0.0253. The van der Waals surface area contributed by atoms with Gasteiger partial charge in [0.25, 0.3) is 11.4 Å². The molecule has 4 heterocycles. The van der Waals surface area contributed by atoms with Gasteiger partial charge in [-0.1, -0.05) is 0 Å². The third-order valence-corrected chi connectivity index (χ3v) is 5.26. The topological polar surface area (TPSA) is 93.2 Å². The first-order valence-electron chi connectivity index (χ1n) is 10.1. The van der Waals surface area contributed by atoms with Gasteiger partial charge in [0.1, 0.15) is 11.6 Å². The number of alkyl halides is 3. The first kappa shape index (κ1) is 21.1. The average molecular weight is 436 g/mol. The van der Waals surface area contributed by atoms with Crippen molar-refractivity contribution in [2.75, 3.05) is 23.3 Å². The van der Waals surface area contributed by atoms with E-state index in [1.165, 1.54) is 16.8 Å². The van der Waals surface area contributed by atoms with Crippen LogP contribution in [0.4, 0.5) is 24.8 Å². The predicted octanol–water partition coefficient (Wildman–Crippen LogP) is 2.75. The van der Waals surface area contributed by atoms with Gasteiger partial charge in [-0.15, -0.1) is 15.3 Å². The lowest BCUT2D eigenvalue weighted by atomic mass is 10.0. The summed E-state index contributed by atoms with van der Waals surface area (Å²) in [7, 11) is 0. The van der Waals surface area contributed by atoms with Gasteiger partial charge >= 0.3 is 6.18 Å². The van der Waals surface area contributed by atoms with Crippen molar-refractivity contribution in [3.8, 4) is 0 Å². The molecule has 4 rings (SSSR count). The molecule has 12 heteroatoms. The van der Waals surface area contributed by atoms with Crippen LogP contribution in [-0.2, 0) is 6.18 Å². The lowest BCUT2D eigenvalue weighted by Gasteiger charge is -2.37. The molecule has 0 radical (unpaired) electrons. The highest BCUT2D eigenvalue weighted by atomic mass is 19.4. The number of nitrogens with one attached hydrogen (secondary N) is 1. The fraction of sp³-hybridized carbons (Fsp3) is 0.526. The van der Waals surface area contributed by atoms with Crippen LogP contribution in [0, 0.1) is 0 Å². The number of hydrogen-bond donors (Lipinski definition) is 1. The van der Waals surface area contributed by atoms with Crippen LogP contribution in [0.3, 0.4) is 0 Å².